The van der Waals surface area contributed by atoms with Crippen molar-refractivity contribution in [1.82, 2.24) is 0 Å². The fourth-order valence-electron chi connectivity index (χ4n) is 3.45. The fourth-order valence-corrected chi connectivity index (χ4v) is 4.83. The molecule has 2 atom stereocenters. The van der Waals surface area contributed by atoms with Crippen molar-refractivity contribution in [2.75, 3.05) is 31.3 Å². The Kier molecular flexibility index (Phi) is 3.97. The Balaban J connectivity index is 1.62. The Bertz CT molecular complexity index is 306. The molecule has 3 aliphatic rings. The van der Waals surface area contributed by atoms with E-state index in [2.05, 4.69) is 0 Å². The van der Waals surface area contributed by atoms with Crippen LogP contribution in [0.25, 0.3) is 0 Å². The van der Waals surface area contributed by atoms with Crippen LogP contribution in [0.4, 0.5) is 0 Å². The molecule has 0 aromatic rings. The molecule has 3 aliphatic heterocycles. The smallest absolute Gasteiger partial charge is 0.139 e. The van der Waals surface area contributed by atoms with Crippen LogP contribution in [0.5, 0.6) is 0 Å². The summed E-state index contributed by atoms with van der Waals surface area (Å²) in [6.45, 7) is 2.31. The zero-order valence-electron chi connectivity index (χ0n) is 10.9. The number of ketones is 1. The minimum atomic E-state index is 0.0361. The third-order valence-corrected chi connectivity index (χ3v) is 5.81. The van der Waals surface area contributed by atoms with E-state index < -0.39 is 0 Å². The van der Waals surface area contributed by atoms with Crippen LogP contribution in [0.3, 0.4) is 0 Å². The number of rotatable bonds is 2. The third-order valence-electron chi connectivity index (χ3n) is 4.59. The Morgan fingerprint density at radius 3 is 2.61 bits per heavy atom. The van der Waals surface area contributed by atoms with E-state index in [1.807, 2.05) is 11.8 Å². The van der Waals surface area contributed by atoms with Crippen LogP contribution in [0.1, 0.15) is 32.1 Å². The highest BCUT2D eigenvalue weighted by molar-refractivity contribution is 7.99. The van der Waals surface area contributed by atoms with Crippen molar-refractivity contribution < 1.29 is 14.3 Å². The molecule has 0 aromatic carbocycles. The first-order valence-corrected chi connectivity index (χ1v) is 8.28. The van der Waals surface area contributed by atoms with Gasteiger partial charge in [-0.3, -0.25) is 4.79 Å². The van der Waals surface area contributed by atoms with Crippen LogP contribution in [0.15, 0.2) is 0 Å². The van der Waals surface area contributed by atoms with Gasteiger partial charge in [0.25, 0.3) is 0 Å². The van der Waals surface area contributed by atoms with Gasteiger partial charge < -0.3 is 9.47 Å². The second-order valence-corrected chi connectivity index (χ2v) is 6.92. The molecule has 3 rings (SSSR count). The lowest BCUT2D eigenvalue weighted by atomic mass is 9.78. The summed E-state index contributed by atoms with van der Waals surface area (Å²) in [7, 11) is 0. The van der Waals surface area contributed by atoms with Crippen LogP contribution in [0.2, 0.25) is 0 Å². The Labute approximate surface area is 113 Å². The molecule has 3 fully saturated rings. The van der Waals surface area contributed by atoms with Gasteiger partial charge in [0.05, 0.1) is 5.60 Å². The zero-order valence-corrected chi connectivity index (χ0v) is 11.7. The quantitative estimate of drug-likeness (QED) is 0.771. The van der Waals surface area contributed by atoms with Crippen molar-refractivity contribution in [1.29, 1.82) is 0 Å². The van der Waals surface area contributed by atoms with Crippen LogP contribution >= 0.6 is 11.8 Å². The molecule has 0 N–H and O–H groups in total. The first-order chi connectivity index (χ1) is 8.79. The van der Waals surface area contributed by atoms with E-state index >= 15 is 0 Å². The van der Waals surface area contributed by atoms with Crippen LogP contribution in [0, 0.1) is 11.8 Å². The maximum atomic E-state index is 12.6. The van der Waals surface area contributed by atoms with Gasteiger partial charge in [-0.2, -0.15) is 11.8 Å². The lowest BCUT2D eigenvalue weighted by Gasteiger charge is -2.38. The number of carbonyl (C=O) groups is 1. The topological polar surface area (TPSA) is 35.5 Å². The van der Waals surface area contributed by atoms with Gasteiger partial charge >= 0.3 is 0 Å². The van der Waals surface area contributed by atoms with Gasteiger partial charge in [-0.25, -0.2) is 0 Å². The fraction of sp³-hybridized carbons (Fsp3) is 0.929. The molecule has 0 radical (unpaired) electrons. The van der Waals surface area contributed by atoms with Gasteiger partial charge in [-0.05, 0) is 37.9 Å². The summed E-state index contributed by atoms with van der Waals surface area (Å²) in [4.78, 5) is 12.6. The van der Waals surface area contributed by atoms with Gasteiger partial charge in [0.15, 0.2) is 0 Å². The highest BCUT2D eigenvalue weighted by Gasteiger charge is 2.43. The van der Waals surface area contributed by atoms with Crippen molar-refractivity contribution in [2.24, 2.45) is 11.8 Å². The summed E-state index contributed by atoms with van der Waals surface area (Å²) >= 11 is 1.97. The lowest BCUT2D eigenvalue weighted by Crippen LogP contribution is -2.43. The van der Waals surface area contributed by atoms with E-state index in [0.29, 0.717) is 5.78 Å². The van der Waals surface area contributed by atoms with Crippen LogP contribution < -0.4 is 0 Å². The molecule has 0 amide bonds. The van der Waals surface area contributed by atoms with Gasteiger partial charge in [0.2, 0.25) is 0 Å². The average Bonchev–Trinajstić information content (AvgIpc) is 2.87. The largest absolute Gasteiger partial charge is 0.381 e. The van der Waals surface area contributed by atoms with Crippen molar-refractivity contribution in [3.8, 4) is 0 Å². The Morgan fingerprint density at radius 2 is 1.89 bits per heavy atom. The molecule has 3 heterocycles. The normalized spacial score (nSPS) is 38.1. The maximum absolute atomic E-state index is 12.6. The van der Waals surface area contributed by atoms with Crippen molar-refractivity contribution in [3.05, 3.63) is 0 Å². The standard InChI is InChI=1S/C14H22O3S/c15-13(11-1-5-16-6-2-11)12-3-7-17-14(9-12)4-8-18-10-14/h11-12H,1-10H2. The van der Waals surface area contributed by atoms with E-state index in [0.717, 1.165) is 57.7 Å². The third kappa shape index (κ3) is 2.61. The zero-order chi connectivity index (χ0) is 12.4. The molecule has 2 unspecified atom stereocenters. The first-order valence-electron chi connectivity index (χ1n) is 7.12. The SMILES string of the molecule is O=C(C1CCOCC1)C1CCOC2(CCSC2)C1. The van der Waals surface area contributed by atoms with Crippen molar-refractivity contribution in [2.45, 2.75) is 37.7 Å². The molecule has 3 saturated heterocycles. The molecule has 102 valence electrons. The number of hydrogen-bond acceptors (Lipinski definition) is 4. The number of hydrogen-bond donors (Lipinski definition) is 0. The van der Waals surface area contributed by atoms with E-state index in [1.54, 1.807) is 0 Å². The van der Waals surface area contributed by atoms with Crippen molar-refractivity contribution >= 4 is 17.5 Å². The van der Waals surface area contributed by atoms with Gasteiger partial charge in [0.1, 0.15) is 5.78 Å². The maximum Gasteiger partial charge on any atom is 0.139 e. The summed E-state index contributed by atoms with van der Waals surface area (Å²) in [5.74, 6) is 3.29. The minimum Gasteiger partial charge on any atom is -0.381 e. The number of Topliss-reactive ketones (excluding diaryl/α,β-unsaturated/α-hetero) is 1. The molecule has 0 aliphatic carbocycles. The van der Waals surface area contributed by atoms with Gasteiger partial charge in [-0.1, -0.05) is 0 Å². The minimum absolute atomic E-state index is 0.0361. The first kappa shape index (κ1) is 12.9. The molecule has 0 saturated carbocycles. The second-order valence-electron chi connectivity index (χ2n) is 5.81. The summed E-state index contributed by atoms with van der Waals surface area (Å²) in [6, 6.07) is 0. The highest BCUT2D eigenvalue weighted by Crippen LogP contribution is 2.41. The number of carbonyl (C=O) groups excluding carboxylic acids is 1. The number of ether oxygens (including phenoxy) is 2. The molecule has 1 spiro atoms. The highest BCUT2D eigenvalue weighted by atomic mass is 32.2. The predicted molar refractivity (Wildman–Crippen MR) is 71.9 cm³/mol. The summed E-state index contributed by atoms with van der Waals surface area (Å²) in [5.41, 5.74) is 0.0361. The lowest BCUT2D eigenvalue weighted by molar-refractivity contribution is -0.140. The molecular weight excluding hydrogens is 248 g/mol. The second kappa shape index (κ2) is 5.51. The van der Waals surface area contributed by atoms with E-state index in [4.69, 9.17) is 9.47 Å². The predicted octanol–water partition coefficient (Wildman–Crippen LogP) is 2.28. The summed E-state index contributed by atoms with van der Waals surface area (Å²) in [6.07, 6.45) is 4.89. The summed E-state index contributed by atoms with van der Waals surface area (Å²) in [5, 5.41) is 0. The Morgan fingerprint density at radius 1 is 1.11 bits per heavy atom. The summed E-state index contributed by atoms with van der Waals surface area (Å²) < 4.78 is 11.3. The molecule has 4 heteroatoms. The van der Waals surface area contributed by atoms with E-state index in [9.17, 15) is 4.79 Å². The van der Waals surface area contributed by atoms with Crippen molar-refractivity contribution in [3.63, 3.8) is 0 Å². The monoisotopic (exact) mass is 270 g/mol. The molecule has 0 bridgehead atoms. The molecular formula is C14H22O3S. The Hall–Kier alpha value is -0.0600. The van der Waals surface area contributed by atoms with Gasteiger partial charge in [-0.15, -0.1) is 0 Å². The van der Waals surface area contributed by atoms with Crippen LogP contribution in [-0.2, 0) is 14.3 Å². The molecule has 0 aromatic heterocycles. The number of thioether (sulfide) groups is 1. The molecule has 18 heavy (non-hydrogen) atoms. The van der Waals surface area contributed by atoms with Gasteiger partial charge in [0, 0.05) is 37.4 Å². The molecule has 3 nitrogen and oxygen atoms in total. The van der Waals surface area contributed by atoms with Crippen LogP contribution in [-0.4, -0.2) is 42.7 Å². The van der Waals surface area contributed by atoms with E-state index in [1.165, 1.54) is 5.75 Å². The average molecular weight is 270 g/mol. The van der Waals surface area contributed by atoms with E-state index in [-0.39, 0.29) is 17.4 Å².